The minimum absolute atomic E-state index is 0.121. The first-order chi connectivity index (χ1) is 12.2. The molecular weight excluding hydrogens is 316 g/mol. The molecule has 0 bridgehead atoms. The molecule has 0 radical (unpaired) electrons. The topological polar surface area (TPSA) is 51.0 Å². The van der Waals surface area contributed by atoms with Crippen LogP contribution in [-0.4, -0.2) is 31.5 Å². The molecule has 2 aliphatic rings. The monoisotopic (exact) mass is 337 g/mol. The molecule has 2 aliphatic heterocycles. The molecule has 128 valence electrons. The second-order valence-corrected chi connectivity index (χ2v) is 6.60. The second-order valence-electron chi connectivity index (χ2n) is 6.60. The van der Waals surface area contributed by atoms with E-state index in [1.165, 1.54) is 20.9 Å². The molecule has 2 aromatic rings. The minimum atomic E-state index is -0.314. The molecule has 5 nitrogen and oxygen atoms in total. The van der Waals surface area contributed by atoms with Gasteiger partial charge in [0.2, 0.25) is 5.91 Å². The van der Waals surface area contributed by atoms with Crippen LogP contribution >= 0.6 is 0 Å². The van der Waals surface area contributed by atoms with Crippen molar-refractivity contribution in [2.24, 2.45) is 0 Å². The standard InChI is InChI=1S/C20H20N2O3/c1-25-18-9-5-4-8-16(18)22-19(23)12-17(20(22)24)21-11-10-14-6-2-3-7-15(14)13-21/h2-9,17H,10-13H2,1H3/p+1/t17-/m0/s1. The Balaban J connectivity index is 1.60. The van der Waals surface area contributed by atoms with E-state index in [4.69, 9.17) is 4.74 Å². The van der Waals surface area contributed by atoms with Crippen molar-refractivity contribution in [1.29, 1.82) is 0 Å². The Labute approximate surface area is 146 Å². The molecule has 0 aromatic heterocycles. The van der Waals surface area contributed by atoms with E-state index in [0.29, 0.717) is 11.4 Å². The molecule has 0 saturated carbocycles. The third kappa shape index (κ3) is 2.70. The van der Waals surface area contributed by atoms with Gasteiger partial charge in [-0.3, -0.25) is 9.59 Å². The molecular formula is C20H21N2O3+. The highest BCUT2D eigenvalue weighted by Gasteiger charge is 2.47. The Hall–Kier alpha value is -2.66. The summed E-state index contributed by atoms with van der Waals surface area (Å²) in [6, 6.07) is 15.2. The van der Waals surface area contributed by atoms with Crippen LogP contribution < -0.4 is 14.5 Å². The summed E-state index contributed by atoms with van der Waals surface area (Å²) in [7, 11) is 1.55. The van der Waals surface area contributed by atoms with Crippen molar-refractivity contribution in [3.8, 4) is 5.75 Å². The number of amides is 2. The Morgan fingerprint density at radius 1 is 1.04 bits per heavy atom. The van der Waals surface area contributed by atoms with Crippen LogP contribution in [0.1, 0.15) is 17.5 Å². The largest absolute Gasteiger partial charge is 0.495 e. The average Bonchev–Trinajstić information content (AvgIpc) is 2.95. The summed E-state index contributed by atoms with van der Waals surface area (Å²) in [4.78, 5) is 28.1. The van der Waals surface area contributed by atoms with Crippen LogP contribution in [0.25, 0.3) is 0 Å². The van der Waals surface area contributed by atoms with E-state index in [-0.39, 0.29) is 24.3 Å². The van der Waals surface area contributed by atoms with Crippen molar-refractivity contribution in [2.75, 3.05) is 18.6 Å². The van der Waals surface area contributed by atoms with Crippen molar-refractivity contribution in [2.45, 2.75) is 25.4 Å². The first-order valence-electron chi connectivity index (χ1n) is 8.60. The predicted octanol–water partition coefficient (Wildman–Crippen LogP) is 0.968. The van der Waals surface area contributed by atoms with Gasteiger partial charge in [-0.05, 0) is 17.7 Å². The van der Waals surface area contributed by atoms with E-state index in [0.717, 1.165) is 19.5 Å². The lowest BCUT2D eigenvalue weighted by molar-refractivity contribution is -0.930. The highest BCUT2D eigenvalue weighted by atomic mass is 16.5. The number of carbonyl (C=O) groups is 2. The maximum Gasteiger partial charge on any atom is 0.292 e. The van der Waals surface area contributed by atoms with E-state index in [1.807, 2.05) is 18.2 Å². The molecule has 2 amide bonds. The average molecular weight is 337 g/mol. The summed E-state index contributed by atoms with van der Waals surface area (Å²) in [6.45, 7) is 1.67. The number of imide groups is 1. The summed E-state index contributed by atoms with van der Waals surface area (Å²) >= 11 is 0. The van der Waals surface area contributed by atoms with Gasteiger partial charge >= 0.3 is 0 Å². The number of quaternary nitrogens is 1. The van der Waals surface area contributed by atoms with Gasteiger partial charge in [0.15, 0.2) is 6.04 Å². The van der Waals surface area contributed by atoms with Crippen LogP contribution in [-0.2, 0) is 22.6 Å². The minimum Gasteiger partial charge on any atom is -0.495 e. The van der Waals surface area contributed by atoms with Crippen molar-refractivity contribution in [3.63, 3.8) is 0 Å². The number of carbonyl (C=O) groups excluding carboxylic acids is 2. The molecule has 5 heteroatoms. The molecule has 1 fully saturated rings. The first-order valence-corrected chi connectivity index (χ1v) is 8.60. The van der Waals surface area contributed by atoms with Crippen LogP contribution in [0.3, 0.4) is 0 Å². The summed E-state index contributed by atoms with van der Waals surface area (Å²) in [5.41, 5.74) is 3.17. The highest BCUT2D eigenvalue weighted by molar-refractivity contribution is 6.22. The number of hydrogen-bond acceptors (Lipinski definition) is 3. The summed E-state index contributed by atoms with van der Waals surface area (Å²) in [5, 5.41) is 0. The van der Waals surface area contributed by atoms with Gasteiger partial charge < -0.3 is 9.64 Å². The van der Waals surface area contributed by atoms with E-state index in [2.05, 4.69) is 18.2 Å². The van der Waals surface area contributed by atoms with Gasteiger partial charge in [-0.1, -0.05) is 36.4 Å². The number of fused-ring (bicyclic) bond motifs is 1. The van der Waals surface area contributed by atoms with Crippen LogP contribution in [0.4, 0.5) is 5.69 Å². The number of benzene rings is 2. The zero-order valence-electron chi connectivity index (χ0n) is 14.2. The number of nitrogens with zero attached hydrogens (tertiary/aromatic N) is 1. The third-order valence-electron chi connectivity index (χ3n) is 5.22. The molecule has 25 heavy (non-hydrogen) atoms. The third-order valence-corrected chi connectivity index (χ3v) is 5.22. The van der Waals surface area contributed by atoms with Gasteiger partial charge in [0, 0.05) is 12.0 Å². The Morgan fingerprint density at radius 2 is 1.76 bits per heavy atom. The number of nitrogens with one attached hydrogen (secondary N) is 1. The van der Waals surface area contributed by atoms with Crippen LogP contribution in [0.15, 0.2) is 48.5 Å². The van der Waals surface area contributed by atoms with Gasteiger partial charge in [-0.2, -0.15) is 0 Å². The van der Waals surface area contributed by atoms with E-state index >= 15 is 0 Å². The van der Waals surface area contributed by atoms with Gasteiger partial charge in [-0.25, -0.2) is 4.90 Å². The molecule has 1 N–H and O–H groups in total. The zero-order valence-corrected chi connectivity index (χ0v) is 14.2. The Morgan fingerprint density at radius 3 is 2.56 bits per heavy atom. The summed E-state index contributed by atoms with van der Waals surface area (Å²) < 4.78 is 5.33. The van der Waals surface area contributed by atoms with Crippen LogP contribution in [0, 0.1) is 0 Å². The predicted molar refractivity (Wildman–Crippen MR) is 93.6 cm³/mol. The van der Waals surface area contributed by atoms with E-state index in [1.54, 1.807) is 19.2 Å². The Kier molecular flexibility index (Phi) is 4.01. The maximum atomic E-state index is 13.0. The Bertz CT molecular complexity index is 833. The second kappa shape index (κ2) is 6.33. The summed E-state index contributed by atoms with van der Waals surface area (Å²) in [6.07, 6.45) is 1.20. The molecule has 0 spiro atoms. The van der Waals surface area contributed by atoms with Crippen molar-refractivity contribution in [3.05, 3.63) is 59.7 Å². The smallest absolute Gasteiger partial charge is 0.292 e. The number of para-hydroxylation sites is 2. The number of ether oxygens (including phenoxy) is 1. The fourth-order valence-corrected chi connectivity index (χ4v) is 3.92. The lowest BCUT2D eigenvalue weighted by atomic mass is 9.98. The summed E-state index contributed by atoms with van der Waals surface area (Å²) in [5.74, 6) is 0.276. The van der Waals surface area contributed by atoms with Crippen LogP contribution in [0.2, 0.25) is 0 Å². The van der Waals surface area contributed by atoms with Crippen molar-refractivity contribution in [1.82, 2.24) is 0 Å². The fraction of sp³-hybridized carbons (Fsp3) is 0.300. The SMILES string of the molecule is COc1ccccc1N1C(=O)C[C@H]([NH+]2CCc3ccccc3C2)C1=O. The lowest BCUT2D eigenvalue weighted by Gasteiger charge is -2.29. The normalized spacial score (nSPS) is 22.8. The molecule has 2 heterocycles. The first kappa shape index (κ1) is 15.8. The lowest BCUT2D eigenvalue weighted by Crippen LogP contribution is -3.16. The van der Waals surface area contributed by atoms with E-state index in [9.17, 15) is 9.59 Å². The fourth-order valence-electron chi connectivity index (χ4n) is 3.92. The number of hydrogen-bond donors (Lipinski definition) is 1. The molecule has 4 rings (SSSR count). The molecule has 2 atom stereocenters. The maximum absolute atomic E-state index is 13.0. The van der Waals surface area contributed by atoms with Crippen molar-refractivity contribution >= 4 is 17.5 Å². The molecule has 2 aromatic carbocycles. The molecule has 1 saturated heterocycles. The van der Waals surface area contributed by atoms with Crippen molar-refractivity contribution < 1.29 is 19.2 Å². The van der Waals surface area contributed by atoms with Gasteiger partial charge in [-0.15, -0.1) is 0 Å². The number of rotatable bonds is 3. The van der Waals surface area contributed by atoms with Gasteiger partial charge in [0.05, 0.1) is 25.8 Å². The van der Waals surface area contributed by atoms with E-state index < -0.39 is 0 Å². The van der Waals surface area contributed by atoms with Crippen LogP contribution in [0.5, 0.6) is 5.75 Å². The molecule has 1 unspecified atom stereocenters. The number of anilines is 1. The quantitative estimate of drug-likeness (QED) is 0.849. The zero-order chi connectivity index (χ0) is 17.4. The highest BCUT2D eigenvalue weighted by Crippen LogP contribution is 2.31. The van der Waals surface area contributed by atoms with Gasteiger partial charge in [0.1, 0.15) is 12.3 Å². The molecule has 0 aliphatic carbocycles. The number of methoxy groups -OCH3 is 1. The van der Waals surface area contributed by atoms with Gasteiger partial charge in [0.25, 0.3) is 5.91 Å².